The van der Waals surface area contributed by atoms with Crippen molar-refractivity contribution in [3.8, 4) is 17.2 Å². The Balaban J connectivity index is 2.33. The molecular formula is C14H19BrO3. The number of ether oxygens (including phenoxy) is 3. The second-order valence-electron chi connectivity index (χ2n) is 4.57. The quantitative estimate of drug-likeness (QED) is 0.744. The van der Waals surface area contributed by atoms with Crippen molar-refractivity contribution >= 4 is 15.9 Å². The fraction of sp³-hybridized carbons (Fsp3) is 0.571. The van der Waals surface area contributed by atoms with Crippen molar-refractivity contribution in [1.82, 2.24) is 0 Å². The van der Waals surface area contributed by atoms with Gasteiger partial charge in [0.25, 0.3) is 0 Å². The lowest BCUT2D eigenvalue weighted by Gasteiger charge is -2.18. The van der Waals surface area contributed by atoms with E-state index < -0.39 is 0 Å². The SMILES string of the molecule is COc1ccc(C(Br)CC2CC2)c(OC)c1OC. The maximum Gasteiger partial charge on any atom is 0.203 e. The van der Waals surface area contributed by atoms with Gasteiger partial charge in [-0.3, -0.25) is 0 Å². The third-order valence-electron chi connectivity index (χ3n) is 3.31. The molecule has 0 spiro atoms. The van der Waals surface area contributed by atoms with Gasteiger partial charge in [-0.15, -0.1) is 0 Å². The minimum Gasteiger partial charge on any atom is -0.493 e. The normalized spacial score (nSPS) is 16.2. The average Bonchev–Trinajstić information content (AvgIpc) is 3.20. The number of rotatable bonds is 6. The van der Waals surface area contributed by atoms with Crippen LogP contribution in [0.1, 0.15) is 29.7 Å². The Morgan fingerprint density at radius 2 is 1.78 bits per heavy atom. The molecule has 0 saturated heterocycles. The number of hydrogen-bond donors (Lipinski definition) is 0. The number of benzene rings is 1. The lowest BCUT2D eigenvalue weighted by Crippen LogP contribution is -2.01. The monoisotopic (exact) mass is 314 g/mol. The number of alkyl halides is 1. The predicted octanol–water partition coefficient (Wildman–Crippen LogP) is 3.95. The summed E-state index contributed by atoms with van der Waals surface area (Å²) in [4.78, 5) is 0.305. The molecule has 0 radical (unpaired) electrons. The van der Waals surface area contributed by atoms with Crippen LogP contribution in [0.5, 0.6) is 17.2 Å². The molecule has 18 heavy (non-hydrogen) atoms. The molecule has 1 fully saturated rings. The summed E-state index contributed by atoms with van der Waals surface area (Å²) in [6.07, 6.45) is 3.83. The van der Waals surface area contributed by atoms with Crippen LogP contribution in [0.3, 0.4) is 0 Å². The first-order valence-electron chi connectivity index (χ1n) is 6.14. The van der Waals surface area contributed by atoms with Crippen LogP contribution >= 0.6 is 15.9 Å². The fourth-order valence-electron chi connectivity index (χ4n) is 2.14. The highest BCUT2D eigenvalue weighted by molar-refractivity contribution is 9.09. The maximum absolute atomic E-state index is 5.50. The first-order chi connectivity index (χ1) is 8.71. The lowest BCUT2D eigenvalue weighted by atomic mass is 10.1. The summed E-state index contributed by atoms with van der Waals surface area (Å²) in [5, 5.41) is 0. The van der Waals surface area contributed by atoms with E-state index in [1.54, 1.807) is 21.3 Å². The molecule has 1 unspecified atom stereocenters. The number of hydrogen-bond acceptors (Lipinski definition) is 3. The Kier molecular flexibility index (Phi) is 4.38. The Bertz CT molecular complexity index is 416. The van der Waals surface area contributed by atoms with Gasteiger partial charge in [0.05, 0.1) is 21.3 Å². The van der Waals surface area contributed by atoms with Gasteiger partial charge in [0.2, 0.25) is 5.75 Å². The molecule has 1 aliphatic rings. The Hall–Kier alpha value is -0.900. The number of halogens is 1. The highest BCUT2D eigenvalue weighted by atomic mass is 79.9. The van der Waals surface area contributed by atoms with Gasteiger partial charge in [0.15, 0.2) is 11.5 Å². The molecule has 2 rings (SSSR count). The molecule has 0 aromatic heterocycles. The van der Waals surface area contributed by atoms with E-state index >= 15 is 0 Å². The van der Waals surface area contributed by atoms with Crippen LogP contribution in [0.4, 0.5) is 0 Å². The third-order valence-corrected chi connectivity index (χ3v) is 4.18. The van der Waals surface area contributed by atoms with E-state index in [0.717, 1.165) is 23.7 Å². The molecule has 0 aliphatic heterocycles. The zero-order valence-corrected chi connectivity index (χ0v) is 12.6. The van der Waals surface area contributed by atoms with Crippen LogP contribution in [0.2, 0.25) is 0 Å². The van der Waals surface area contributed by atoms with Crippen LogP contribution < -0.4 is 14.2 Å². The number of methoxy groups -OCH3 is 3. The molecule has 0 bridgehead atoms. The molecule has 1 aromatic rings. The van der Waals surface area contributed by atoms with Crippen LogP contribution in [0, 0.1) is 5.92 Å². The van der Waals surface area contributed by atoms with E-state index in [4.69, 9.17) is 14.2 Å². The topological polar surface area (TPSA) is 27.7 Å². The van der Waals surface area contributed by atoms with Crippen molar-refractivity contribution in [3.63, 3.8) is 0 Å². The smallest absolute Gasteiger partial charge is 0.203 e. The summed E-state index contributed by atoms with van der Waals surface area (Å²) in [5.41, 5.74) is 1.13. The van der Waals surface area contributed by atoms with Crippen molar-refractivity contribution in [2.45, 2.75) is 24.1 Å². The second kappa shape index (κ2) is 5.83. The maximum atomic E-state index is 5.50. The summed E-state index contributed by atoms with van der Waals surface area (Å²) in [5.74, 6) is 2.98. The van der Waals surface area contributed by atoms with Gasteiger partial charge in [0, 0.05) is 10.4 Å². The van der Waals surface area contributed by atoms with Crippen molar-refractivity contribution < 1.29 is 14.2 Å². The van der Waals surface area contributed by atoms with Gasteiger partial charge < -0.3 is 14.2 Å². The van der Waals surface area contributed by atoms with Crippen LogP contribution in [-0.2, 0) is 0 Å². The largest absolute Gasteiger partial charge is 0.493 e. The highest BCUT2D eigenvalue weighted by Gasteiger charge is 2.28. The highest BCUT2D eigenvalue weighted by Crippen LogP contribution is 2.48. The third kappa shape index (κ3) is 2.74. The summed E-state index contributed by atoms with van der Waals surface area (Å²) >= 11 is 3.75. The summed E-state index contributed by atoms with van der Waals surface area (Å²) in [6, 6.07) is 3.97. The summed E-state index contributed by atoms with van der Waals surface area (Å²) in [6.45, 7) is 0. The van der Waals surface area contributed by atoms with Gasteiger partial charge in [-0.25, -0.2) is 0 Å². The zero-order chi connectivity index (χ0) is 13.1. The van der Waals surface area contributed by atoms with Crippen molar-refractivity contribution in [2.75, 3.05) is 21.3 Å². The van der Waals surface area contributed by atoms with Crippen LogP contribution in [0.15, 0.2) is 12.1 Å². The van der Waals surface area contributed by atoms with Gasteiger partial charge in [-0.1, -0.05) is 34.8 Å². The van der Waals surface area contributed by atoms with E-state index in [-0.39, 0.29) is 0 Å². The van der Waals surface area contributed by atoms with Gasteiger partial charge in [0.1, 0.15) is 0 Å². The standard InChI is InChI=1S/C14H19BrO3/c1-16-12-7-6-10(11(15)8-9-4-5-9)13(17-2)14(12)18-3/h6-7,9,11H,4-5,8H2,1-3H3. The van der Waals surface area contributed by atoms with Crippen molar-refractivity contribution in [2.24, 2.45) is 5.92 Å². The van der Waals surface area contributed by atoms with E-state index in [1.807, 2.05) is 12.1 Å². The van der Waals surface area contributed by atoms with Gasteiger partial charge in [-0.05, 0) is 18.4 Å². The molecule has 1 saturated carbocycles. The van der Waals surface area contributed by atoms with E-state index in [0.29, 0.717) is 16.3 Å². The first kappa shape index (κ1) is 13.5. The minimum absolute atomic E-state index is 0.305. The molecule has 100 valence electrons. The minimum atomic E-state index is 0.305. The first-order valence-corrected chi connectivity index (χ1v) is 7.05. The molecule has 1 aliphatic carbocycles. The fourth-order valence-corrected chi connectivity index (χ4v) is 3.03. The van der Waals surface area contributed by atoms with E-state index in [1.165, 1.54) is 12.8 Å². The molecule has 0 N–H and O–H groups in total. The molecule has 0 heterocycles. The van der Waals surface area contributed by atoms with E-state index in [2.05, 4.69) is 15.9 Å². The molecule has 4 heteroatoms. The van der Waals surface area contributed by atoms with Gasteiger partial charge in [-0.2, -0.15) is 0 Å². The lowest BCUT2D eigenvalue weighted by molar-refractivity contribution is 0.322. The zero-order valence-electron chi connectivity index (χ0n) is 11.0. The molecule has 1 aromatic carbocycles. The molecule has 0 amide bonds. The molecule has 1 atom stereocenters. The van der Waals surface area contributed by atoms with Gasteiger partial charge >= 0.3 is 0 Å². The predicted molar refractivity (Wildman–Crippen MR) is 75.1 cm³/mol. The van der Waals surface area contributed by atoms with Crippen LogP contribution in [0.25, 0.3) is 0 Å². The summed E-state index contributed by atoms with van der Waals surface area (Å²) < 4.78 is 16.2. The van der Waals surface area contributed by atoms with Crippen molar-refractivity contribution in [3.05, 3.63) is 17.7 Å². The summed E-state index contributed by atoms with van der Waals surface area (Å²) in [7, 11) is 4.93. The Morgan fingerprint density at radius 1 is 1.11 bits per heavy atom. The van der Waals surface area contributed by atoms with Crippen LogP contribution in [-0.4, -0.2) is 21.3 Å². The van der Waals surface area contributed by atoms with E-state index in [9.17, 15) is 0 Å². The molecule has 3 nitrogen and oxygen atoms in total. The Labute approximate surface area is 117 Å². The molecular weight excluding hydrogens is 296 g/mol. The average molecular weight is 315 g/mol. The second-order valence-corrected chi connectivity index (χ2v) is 5.68. The Morgan fingerprint density at radius 3 is 2.28 bits per heavy atom. The van der Waals surface area contributed by atoms with Crippen molar-refractivity contribution in [1.29, 1.82) is 0 Å².